The van der Waals surface area contributed by atoms with Gasteiger partial charge in [-0.1, -0.05) is 39.9 Å². The highest BCUT2D eigenvalue weighted by Gasteiger charge is 2.14. The summed E-state index contributed by atoms with van der Waals surface area (Å²) >= 11 is 5.16. The van der Waals surface area contributed by atoms with Gasteiger partial charge in [-0.3, -0.25) is 0 Å². The number of nitriles is 1. The Labute approximate surface area is 102 Å². The van der Waals surface area contributed by atoms with Crippen LogP contribution < -0.4 is 0 Å². The number of aromatic amines is 1. The molecule has 16 heavy (non-hydrogen) atoms. The van der Waals surface area contributed by atoms with Crippen LogP contribution in [-0.4, -0.2) is 4.98 Å². The molecule has 0 saturated carbocycles. The molecule has 1 aromatic heterocycles. The molecule has 0 aliphatic carbocycles. The fourth-order valence-corrected chi connectivity index (χ4v) is 2.07. The predicted octanol–water partition coefficient (Wildman–Crippen LogP) is 3.94. The van der Waals surface area contributed by atoms with Crippen LogP contribution in [0.25, 0.3) is 0 Å². The molecular formula is C13H18N2S. The number of rotatable bonds is 3. The number of hydrogen-bond donors (Lipinski definition) is 1. The standard InChI is InChI=1S/C13H18N2S/c1-8(2)5-10-11(6-14)13(16)15-7-12(10)9(3)4/h7-9H,5H2,1-4H3,(H,15,16). The Morgan fingerprint density at radius 2 is 2.00 bits per heavy atom. The summed E-state index contributed by atoms with van der Waals surface area (Å²) in [5.74, 6) is 0.939. The van der Waals surface area contributed by atoms with Crippen molar-refractivity contribution in [2.45, 2.75) is 40.0 Å². The molecule has 0 radical (unpaired) electrons. The first kappa shape index (κ1) is 12.9. The normalized spacial score (nSPS) is 10.8. The number of pyridine rings is 1. The lowest BCUT2D eigenvalue weighted by molar-refractivity contribution is 0.636. The van der Waals surface area contributed by atoms with E-state index in [1.807, 2.05) is 6.20 Å². The molecule has 0 unspecified atom stereocenters. The second-order valence-electron chi connectivity index (χ2n) is 4.79. The summed E-state index contributed by atoms with van der Waals surface area (Å²) in [6.45, 7) is 8.59. The summed E-state index contributed by atoms with van der Waals surface area (Å²) in [5.41, 5.74) is 2.98. The average molecular weight is 234 g/mol. The first-order valence-corrected chi connectivity index (χ1v) is 6.02. The van der Waals surface area contributed by atoms with Crippen molar-refractivity contribution in [3.63, 3.8) is 0 Å². The fourth-order valence-electron chi connectivity index (χ4n) is 1.85. The van der Waals surface area contributed by atoms with Gasteiger partial charge in [-0.15, -0.1) is 0 Å². The van der Waals surface area contributed by atoms with Crippen LogP contribution in [0.15, 0.2) is 6.20 Å². The van der Waals surface area contributed by atoms with E-state index in [9.17, 15) is 5.26 Å². The van der Waals surface area contributed by atoms with Gasteiger partial charge in [-0.25, -0.2) is 0 Å². The zero-order valence-corrected chi connectivity index (χ0v) is 11.1. The number of nitrogens with one attached hydrogen (secondary N) is 1. The third-order valence-electron chi connectivity index (χ3n) is 2.58. The molecule has 0 spiro atoms. The summed E-state index contributed by atoms with van der Waals surface area (Å²) in [4.78, 5) is 3.01. The van der Waals surface area contributed by atoms with Gasteiger partial charge in [0.1, 0.15) is 10.7 Å². The Kier molecular flexibility index (Phi) is 4.26. The van der Waals surface area contributed by atoms with Gasteiger partial charge in [0, 0.05) is 6.20 Å². The maximum absolute atomic E-state index is 9.18. The minimum Gasteiger partial charge on any atom is -0.352 e. The molecule has 1 aromatic rings. The molecule has 0 amide bonds. The fraction of sp³-hybridized carbons (Fsp3) is 0.538. The van der Waals surface area contributed by atoms with Crippen molar-refractivity contribution in [3.05, 3.63) is 27.5 Å². The Hall–Kier alpha value is -1.14. The molecule has 0 bridgehead atoms. The van der Waals surface area contributed by atoms with E-state index in [1.54, 1.807) is 0 Å². The molecule has 1 heterocycles. The summed E-state index contributed by atoms with van der Waals surface area (Å²) < 4.78 is 0.558. The van der Waals surface area contributed by atoms with Gasteiger partial charge in [0.15, 0.2) is 0 Å². The number of aromatic nitrogens is 1. The van der Waals surface area contributed by atoms with Gasteiger partial charge in [0.05, 0.1) is 5.56 Å². The summed E-state index contributed by atoms with van der Waals surface area (Å²) in [7, 11) is 0. The Morgan fingerprint density at radius 3 is 2.44 bits per heavy atom. The van der Waals surface area contributed by atoms with E-state index >= 15 is 0 Å². The Morgan fingerprint density at radius 1 is 1.38 bits per heavy atom. The first-order valence-electron chi connectivity index (χ1n) is 5.61. The SMILES string of the molecule is CC(C)Cc1c(C(C)C)c[nH]c(=S)c1C#N. The quantitative estimate of drug-likeness (QED) is 0.805. The molecule has 3 heteroatoms. The maximum atomic E-state index is 9.18. The van der Waals surface area contributed by atoms with Crippen LogP contribution in [0, 0.1) is 21.9 Å². The molecule has 1 rings (SSSR count). The minimum atomic E-state index is 0.410. The largest absolute Gasteiger partial charge is 0.352 e. The van der Waals surface area contributed by atoms with Crippen molar-refractivity contribution >= 4 is 12.2 Å². The van der Waals surface area contributed by atoms with Crippen LogP contribution in [0.5, 0.6) is 0 Å². The van der Waals surface area contributed by atoms with Gasteiger partial charge in [0.25, 0.3) is 0 Å². The zero-order valence-electron chi connectivity index (χ0n) is 10.3. The zero-order chi connectivity index (χ0) is 12.3. The highest BCUT2D eigenvalue weighted by atomic mass is 32.1. The number of hydrogen-bond acceptors (Lipinski definition) is 2. The number of H-pyrrole nitrogens is 1. The summed E-state index contributed by atoms with van der Waals surface area (Å²) in [5, 5.41) is 9.18. The van der Waals surface area contributed by atoms with Crippen LogP contribution in [0.1, 0.15) is 50.3 Å². The lowest BCUT2D eigenvalue weighted by Crippen LogP contribution is -2.06. The van der Waals surface area contributed by atoms with E-state index in [4.69, 9.17) is 12.2 Å². The molecule has 86 valence electrons. The van der Waals surface area contributed by atoms with Crippen LogP contribution in [0.3, 0.4) is 0 Å². The van der Waals surface area contributed by atoms with Crippen LogP contribution in [-0.2, 0) is 6.42 Å². The van der Waals surface area contributed by atoms with Crippen LogP contribution in [0.2, 0.25) is 0 Å². The van der Waals surface area contributed by atoms with E-state index in [1.165, 1.54) is 5.56 Å². The van der Waals surface area contributed by atoms with Gasteiger partial charge in [0.2, 0.25) is 0 Å². The van der Waals surface area contributed by atoms with Crippen molar-refractivity contribution in [2.24, 2.45) is 5.92 Å². The minimum absolute atomic E-state index is 0.410. The highest BCUT2D eigenvalue weighted by molar-refractivity contribution is 7.71. The second kappa shape index (κ2) is 5.27. The van der Waals surface area contributed by atoms with Crippen molar-refractivity contribution in [2.75, 3.05) is 0 Å². The molecular weight excluding hydrogens is 216 g/mol. The van der Waals surface area contributed by atoms with Crippen LogP contribution >= 0.6 is 12.2 Å². The molecule has 0 aliphatic rings. The molecule has 0 aromatic carbocycles. The smallest absolute Gasteiger partial charge is 0.121 e. The highest BCUT2D eigenvalue weighted by Crippen LogP contribution is 2.24. The van der Waals surface area contributed by atoms with Crippen molar-refractivity contribution < 1.29 is 0 Å². The van der Waals surface area contributed by atoms with Gasteiger partial charge in [-0.05, 0) is 29.4 Å². The third kappa shape index (κ3) is 2.70. The van der Waals surface area contributed by atoms with Gasteiger partial charge >= 0.3 is 0 Å². The van der Waals surface area contributed by atoms with E-state index in [2.05, 4.69) is 38.7 Å². The monoisotopic (exact) mass is 234 g/mol. The van der Waals surface area contributed by atoms with Gasteiger partial charge in [-0.2, -0.15) is 5.26 Å². The summed E-state index contributed by atoms with van der Waals surface area (Å²) in [6.07, 6.45) is 2.86. The predicted molar refractivity (Wildman–Crippen MR) is 69.0 cm³/mol. The first-order chi connectivity index (χ1) is 7.47. The van der Waals surface area contributed by atoms with E-state index < -0.39 is 0 Å². The lowest BCUT2D eigenvalue weighted by atomic mass is 9.90. The average Bonchev–Trinajstić information content (AvgIpc) is 2.16. The number of nitrogens with zero attached hydrogens (tertiary/aromatic N) is 1. The van der Waals surface area contributed by atoms with Crippen molar-refractivity contribution in [1.82, 2.24) is 4.98 Å². The second-order valence-corrected chi connectivity index (χ2v) is 5.20. The third-order valence-corrected chi connectivity index (χ3v) is 2.90. The van der Waals surface area contributed by atoms with Crippen molar-refractivity contribution in [1.29, 1.82) is 5.26 Å². The lowest BCUT2D eigenvalue weighted by Gasteiger charge is -2.15. The molecule has 1 N–H and O–H groups in total. The molecule has 2 nitrogen and oxygen atoms in total. The van der Waals surface area contributed by atoms with Gasteiger partial charge < -0.3 is 4.98 Å². The maximum Gasteiger partial charge on any atom is 0.121 e. The van der Waals surface area contributed by atoms with Crippen molar-refractivity contribution in [3.8, 4) is 6.07 Å². The molecule has 0 aliphatic heterocycles. The summed E-state index contributed by atoms with van der Waals surface area (Å²) in [6, 6.07) is 2.23. The van der Waals surface area contributed by atoms with E-state index in [0.29, 0.717) is 22.0 Å². The topological polar surface area (TPSA) is 39.6 Å². The molecule has 0 atom stereocenters. The van der Waals surface area contributed by atoms with E-state index in [-0.39, 0.29) is 0 Å². The molecule has 0 saturated heterocycles. The Balaban J connectivity index is 3.42. The Bertz CT molecular complexity index is 464. The van der Waals surface area contributed by atoms with Crippen LogP contribution in [0.4, 0.5) is 0 Å². The van der Waals surface area contributed by atoms with E-state index in [0.717, 1.165) is 12.0 Å². The molecule has 0 fully saturated rings.